The predicted octanol–water partition coefficient (Wildman–Crippen LogP) is 5.05. The minimum Gasteiger partial charge on any atom is -0.494 e. The van der Waals surface area contributed by atoms with Crippen LogP contribution in [0.2, 0.25) is 0 Å². The van der Waals surface area contributed by atoms with Crippen molar-refractivity contribution in [2.24, 2.45) is 5.73 Å². The van der Waals surface area contributed by atoms with E-state index in [1.807, 2.05) is 6.07 Å². The number of methoxy groups -OCH3 is 1. The van der Waals surface area contributed by atoms with Crippen molar-refractivity contribution < 1.29 is 18.3 Å². The molecule has 2 heterocycles. The van der Waals surface area contributed by atoms with Gasteiger partial charge in [0.15, 0.2) is 17.0 Å². The van der Waals surface area contributed by atoms with Crippen LogP contribution in [-0.2, 0) is 0 Å². The van der Waals surface area contributed by atoms with E-state index in [2.05, 4.69) is 39.0 Å². The Labute approximate surface area is 200 Å². The Morgan fingerprint density at radius 2 is 1.80 bits per heavy atom. The molecule has 0 aliphatic heterocycles. The lowest BCUT2D eigenvalue weighted by Gasteiger charge is -2.20. The number of aromatic nitrogens is 2. The minimum atomic E-state index is -0.940. The molecule has 0 spiro atoms. The molecule has 1 amide bonds. The van der Waals surface area contributed by atoms with Crippen LogP contribution in [0.25, 0.3) is 10.9 Å². The number of carbonyl (C=O) groups excluding carboxylic acids is 1. The Balaban J connectivity index is 0.000000243. The molecular formula is C27H25F2N3O3. The molecule has 35 heavy (non-hydrogen) atoms. The van der Waals surface area contributed by atoms with E-state index in [1.54, 1.807) is 12.1 Å². The number of nitrogens with one attached hydrogen (secondary N) is 1. The number of aromatic amines is 1. The number of nitrogens with two attached hydrogens (primary N) is 1. The van der Waals surface area contributed by atoms with Crippen LogP contribution in [0.15, 0.2) is 71.7 Å². The number of amides is 1. The van der Waals surface area contributed by atoms with Gasteiger partial charge in [0.25, 0.3) is 5.91 Å². The van der Waals surface area contributed by atoms with Crippen molar-refractivity contribution in [3.05, 3.63) is 106 Å². The van der Waals surface area contributed by atoms with Crippen LogP contribution in [0.4, 0.5) is 8.78 Å². The van der Waals surface area contributed by atoms with E-state index < -0.39 is 17.5 Å². The minimum absolute atomic E-state index is 0.0244. The Bertz CT molecular complexity index is 1410. The van der Waals surface area contributed by atoms with Crippen molar-refractivity contribution in [3.8, 4) is 5.75 Å². The highest BCUT2D eigenvalue weighted by molar-refractivity contribution is 6.03. The molecule has 0 bridgehead atoms. The number of H-pyrrole nitrogens is 1. The van der Waals surface area contributed by atoms with E-state index in [-0.39, 0.29) is 28.2 Å². The number of primary amides is 1. The summed E-state index contributed by atoms with van der Waals surface area (Å²) >= 11 is 0. The van der Waals surface area contributed by atoms with Gasteiger partial charge in [-0.3, -0.25) is 14.6 Å². The fraction of sp³-hybridized carbons (Fsp3) is 0.222. The first-order valence-electron chi connectivity index (χ1n) is 11.3. The summed E-state index contributed by atoms with van der Waals surface area (Å²) in [5, 5.41) is 0.271. The molecule has 2 unspecified atom stereocenters. The van der Waals surface area contributed by atoms with E-state index in [0.29, 0.717) is 11.4 Å². The number of hydrogen-bond donors (Lipinski definition) is 2. The highest BCUT2D eigenvalue weighted by Crippen LogP contribution is 2.45. The second-order valence-electron chi connectivity index (χ2n) is 8.35. The molecule has 1 fully saturated rings. The van der Waals surface area contributed by atoms with Crippen molar-refractivity contribution in [2.75, 3.05) is 7.11 Å². The van der Waals surface area contributed by atoms with Crippen LogP contribution in [0, 0.1) is 11.6 Å². The predicted molar refractivity (Wildman–Crippen MR) is 130 cm³/mol. The summed E-state index contributed by atoms with van der Waals surface area (Å²) < 4.78 is 29.3. The molecule has 1 aliphatic carbocycles. The topological polar surface area (TPSA) is 98.1 Å². The van der Waals surface area contributed by atoms with Crippen LogP contribution in [0.1, 0.15) is 52.8 Å². The average Bonchev–Trinajstić information content (AvgIpc) is 3.36. The fourth-order valence-corrected chi connectivity index (χ4v) is 4.68. The number of nitrogens with zero attached hydrogens (tertiary/aromatic N) is 1. The van der Waals surface area contributed by atoms with E-state index in [1.165, 1.54) is 31.0 Å². The molecule has 0 saturated heterocycles. The van der Waals surface area contributed by atoms with Crippen LogP contribution in [-0.4, -0.2) is 23.0 Å². The molecule has 0 radical (unpaired) electrons. The molecule has 1 aliphatic rings. The van der Waals surface area contributed by atoms with Gasteiger partial charge in [0.2, 0.25) is 5.82 Å². The number of hydrogen-bond acceptors (Lipinski definition) is 4. The first-order chi connectivity index (χ1) is 16.9. The Morgan fingerprint density at radius 3 is 2.49 bits per heavy atom. The molecular weight excluding hydrogens is 452 g/mol. The van der Waals surface area contributed by atoms with Gasteiger partial charge in [-0.05, 0) is 42.5 Å². The highest BCUT2D eigenvalue weighted by Gasteiger charge is 2.31. The smallest absolute Gasteiger partial charge is 0.268 e. The normalized spacial score (nSPS) is 17.0. The number of halogens is 2. The van der Waals surface area contributed by atoms with Crippen LogP contribution < -0.4 is 15.9 Å². The van der Waals surface area contributed by atoms with Crippen molar-refractivity contribution in [3.63, 3.8) is 0 Å². The fourth-order valence-electron chi connectivity index (χ4n) is 4.68. The molecule has 5 rings (SSSR count). The average molecular weight is 478 g/mol. The second kappa shape index (κ2) is 10.5. The third kappa shape index (κ3) is 5.06. The summed E-state index contributed by atoms with van der Waals surface area (Å²) in [7, 11) is 1.29. The summed E-state index contributed by atoms with van der Waals surface area (Å²) in [5.41, 5.74) is 8.01. The van der Waals surface area contributed by atoms with Gasteiger partial charge in [0.1, 0.15) is 5.69 Å². The Morgan fingerprint density at radius 1 is 1.06 bits per heavy atom. The SMILES string of the molecule is COc1cccc(F)c1F.NC(=O)c1nccc2[nH]c(C3CCCC3c3ccccc3)cc(=O)c12. The van der Waals surface area contributed by atoms with Gasteiger partial charge < -0.3 is 15.5 Å². The summed E-state index contributed by atoms with van der Waals surface area (Å²) in [5.74, 6) is -1.92. The van der Waals surface area contributed by atoms with Crippen molar-refractivity contribution in [2.45, 2.75) is 31.1 Å². The van der Waals surface area contributed by atoms with Crippen molar-refractivity contribution in [1.29, 1.82) is 0 Å². The largest absolute Gasteiger partial charge is 0.494 e. The van der Waals surface area contributed by atoms with Crippen molar-refractivity contribution in [1.82, 2.24) is 9.97 Å². The molecule has 3 N–H and O–H groups in total. The molecule has 6 nitrogen and oxygen atoms in total. The number of ether oxygens (including phenoxy) is 1. The maximum atomic E-state index is 12.7. The highest BCUT2D eigenvalue weighted by atomic mass is 19.2. The van der Waals surface area contributed by atoms with Crippen LogP contribution >= 0.6 is 0 Å². The summed E-state index contributed by atoms with van der Waals surface area (Å²) in [4.78, 5) is 31.5. The first kappa shape index (κ1) is 24.1. The number of pyridine rings is 2. The lowest BCUT2D eigenvalue weighted by atomic mass is 9.86. The van der Waals surface area contributed by atoms with Gasteiger partial charge in [0.05, 0.1) is 18.0 Å². The number of carbonyl (C=O) groups is 1. The zero-order chi connectivity index (χ0) is 24.9. The number of benzene rings is 2. The lowest BCUT2D eigenvalue weighted by Crippen LogP contribution is -2.19. The van der Waals surface area contributed by atoms with E-state index in [4.69, 9.17) is 5.73 Å². The van der Waals surface area contributed by atoms with Crippen LogP contribution in [0.3, 0.4) is 0 Å². The van der Waals surface area contributed by atoms with Gasteiger partial charge in [0, 0.05) is 23.9 Å². The molecule has 2 aromatic heterocycles. The Hall–Kier alpha value is -4.07. The molecule has 2 atom stereocenters. The first-order valence-corrected chi connectivity index (χ1v) is 11.3. The maximum Gasteiger partial charge on any atom is 0.268 e. The molecule has 1 saturated carbocycles. The number of rotatable bonds is 4. The number of fused-ring (bicyclic) bond motifs is 1. The maximum absolute atomic E-state index is 12.7. The molecule has 180 valence electrons. The quantitative estimate of drug-likeness (QED) is 0.430. The van der Waals surface area contributed by atoms with Gasteiger partial charge in [-0.1, -0.05) is 42.8 Å². The van der Waals surface area contributed by atoms with E-state index in [0.717, 1.165) is 31.0 Å². The summed E-state index contributed by atoms with van der Waals surface area (Å²) in [6.07, 6.45) is 4.78. The molecule has 4 aromatic rings. The zero-order valence-electron chi connectivity index (χ0n) is 19.1. The zero-order valence-corrected chi connectivity index (χ0v) is 19.1. The van der Waals surface area contributed by atoms with Gasteiger partial charge >= 0.3 is 0 Å². The standard InChI is InChI=1S/C20H19N3O2.C7H6F2O/c21-20(25)19-18-15(9-10-22-19)23-16(11-17(18)24)14-8-4-7-13(14)12-5-2-1-3-6-12;1-10-6-4-2-3-5(8)7(6)9/h1-3,5-6,9-11,13-14H,4,7-8H2,(H2,21,25)(H,23,24);2-4H,1H3. The molecule has 8 heteroatoms. The summed E-state index contributed by atoms with van der Waals surface area (Å²) in [6, 6.07) is 17.5. The van der Waals surface area contributed by atoms with Gasteiger partial charge in [-0.2, -0.15) is 4.39 Å². The lowest BCUT2D eigenvalue weighted by molar-refractivity contribution is 0.0997. The van der Waals surface area contributed by atoms with E-state index in [9.17, 15) is 18.4 Å². The monoisotopic (exact) mass is 477 g/mol. The van der Waals surface area contributed by atoms with Crippen molar-refractivity contribution >= 4 is 16.8 Å². The van der Waals surface area contributed by atoms with Gasteiger partial charge in [-0.25, -0.2) is 4.39 Å². The third-order valence-corrected chi connectivity index (χ3v) is 6.28. The third-order valence-electron chi connectivity index (χ3n) is 6.28. The molecule has 2 aromatic carbocycles. The van der Waals surface area contributed by atoms with Gasteiger partial charge in [-0.15, -0.1) is 0 Å². The second-order valence-corrected chi connectivity index (χ2v) is 8.35. The van der Waals surface area contributed by atoms with Crippen LogP contribution in [0.5, 0.6) is 5.75 Å². The summed E-state index contributed by atoms with van der Waals surface area (Å²) in [6.45, 7) is 0. The van der Waals surface area contributed by atoms with E-state index >= 15 is 0 Å². The Kier molecular flexibility index (Phi) is 7.19.